The molecule has 0 radical (unpaired) electrons. The van der Waals surface area contributed by atoms with Crippen LogP contribution in [0.1, 0.15) is 40.0 Å². The minimum atomic E-state index is -0.105. The van der Waals surface area contributed by atoms with Crippen LogP contribution in [0.15, 0.2) is 0 Å². The van der Waals surface area contributed by atoms with Gasteiger partial charge in [0, 0.05) is 0 Å². The molecule has 88 valence electrons. The van der Waals surface area contributed by atoms with Crippen LogP contribution in [0, 0.1) is 11.3 Å². The molecule has 0 aromatic heterocycles. The molecule has 3 heteroatoms. The maximum atomic E-state index is 11.5. The predicted molar refractivity (Wildman–Crippen MR) is 60.6 cm³/mol. The van der Waals surface area contributed by atoms with Crippen molar-refractivity contribution in [3.8, 4) is 0 Å². The Labute approximate surface area is 92.6 Å². The highest BCUT2D eigenvalue weighted by Crippen LogP contribution is 2.33. The molecule has 0 unspecified atom stereocenters. The van der Waals surface area contributed by atoms with E-state index in [1.54, 1.807) is 0 Å². The summed E-state index contributed by atoms with van der Waals surface area (Å²) < 4.78 is 4.79. The maximum absolute atomic E-state index is 11.5. The van der Waals surface area contributed by atoms with Crippen molar-refractivity contribution in [1.82, 2.24) is 5.32 Å². The Balaban J connectivity index is 2.29. The third-order valence-corrected chi connectivity index (χ3v) is 2.79. The van der Waals surface area contributed by atoms with Crippen molar-refractivity contribution in [2.45, 2.75) is 46.1 Å². The summed E-state index contributed by atoms with van der Waals surface area (Å²) in [6, 6.07) is -0.0719. The molecule has 0 bridgehead atoms. The van der Waals surface area contributed by atoms with Crippen LogP contribution in [0.5, 0.6) is 0 Å². The summed E-state index contributed by atoms with van der Waals surface area (Å²) in [7, 11) is 1.46. The summed E-state index contributed by atoms with van der Waals surface area (Å²) in [4.78, 5) is 11.5. The Kier molecular flexibility index (Phi) is 4.14. The lowest BCUT2D eigenvalue weighted by Crippen LogP contribution is -2.40. The molecule has 0 heterocycles. The summed E-state index contributed by atoms with van der Waals surface area (Å²) >= 11 is 0. The van der Waals surface area contributed by atoms with E-state index in [1.165, 1.54) is 7.11 Å². The third-order valence-electron chi connectivity index (χ3n) is 2.79. The van der Waals surface area contributed by atoms with Crippen LogP contribution >= 0.6 is 0 Å². The maximum Gasteiger partial charge on any atom is 0.323 e. The van der Waals surface area contributed by atoms with E-state index in [2.05, 4.69) is 26.1 Å². The van der Waals surface area contributed by atoms with Gasteiger partial charge in [-0.1, -0.05) is 20.8 Å². The summed E-state index contributed by atoms with van der Waals surface area (Å²) in [5.41, 5.74) is 0.317. The smallest absolute Gasteiger partial charge is 0.323 e. The average molecular weight is 213 g/mol. The molecule has 0 aromatic carbocycles. The minimum Gasteiger partial charge on any atom is -0.468 e. The van der Waals surface area contributed by atoms with E-state index in [4.69, 9.17) is 4.74 Å². The number of carbonyl (C=O) groups is 1. The molecule has 1 aliphatic rings. The second-order valence-electron chi connectivity index (χ2n) is 5.60. The SMILES string of the molecule is COC(=O)[C@@H](NCCC(C)(C)C)C1CC1. The van der Waals surface area contributed by atoms with Gasteiger partial charge in [-0.25, -0.2) is 0 Å². The summed E-state index contributed by atoms with van der Waals surface area (Å²) in [6.07, 6.45) is 3.39. The Morgan fingerprint density at radius 3 is 2.47 bits per heavy atom. The van der Waals surface area contributed by atoms with E-state index in [-0.39, 0.29) is 12.0 Å². The molecule has 1 fully saturated rings. The number of nitrogens with one attached hydrogen (secondary N) is 1. The Hall–Kier alpha value is -0.570. The van der Waals surface area contributed by atoms with Crippen molar-refractivity contribution in [3.05, 3.63) is 0 Å². The molecule has 1 saturated carbocycles. The van der Waals surface area contributed by atoms with Crippen LogP contribution < -0.4 is 5.32 Å². The zero-order chi connectivity index (χ0) is 11.5. The van der Waals surface area contributed by atoms with Gasteiger partial charge in [0.05, 0.1) is 7.11 Å². The quantitative estimate of drug-likeness (QED) is 0.709. The number of ether oxygens (including phenoxy) is 1. The lowest BCUT2D eigenvalue weighted by molar-refractivity contribution is -0.143. The first-order valence-electron chi connectivity index (χ1n) is 5.75. The van der Waals surface area contributed by atoms with Crippen LogP contribution in [0.25, 0.3) is 0 Å². The topological polar surface area (TPSA) is 38.3 Å². The van der Waals surface area contributed by atoms with Crippen molar-refractivity contribution in [2.24, 2.45) is 11.3 Å². The van der Waals surface area contributed by atoms with Crippen LogP contribution in [0.4, 0.5) is 0 Å². The van der Waals surface area contributed by atoms with Gasteiger partial charge in [-0.15, -0.1) is 0 Å². The summed E-state index contributed by atoms with van der Waals surface area (Å²) in [6.45, 7) is 7.51. The molecule has 1 N–H and O–H groups in total. The molecule has 0 spiro atoms. The number of methoxy groups -OCH3 is 1. The van der Waals surface area contributed by atoms with Gasteiger partial charge in [0.1, 0.15) is 6.04 Å². The Morgan fingerprint density at radius 2 is 2.07 bits per heavy atom. The molecule has 15 heavy (non-hydrogen) atoms. The minimum absolute atomic E-state index is 0.0719. The van der Waals surface area contributed by atoms with E-state index in [0.717, 1.165) is 25.8 Å². The number of carbonyl (C=O) groups excluding carboxylic acids is 1. The molecule has 1 atom stereocenters. The van der Waals surface area contributed by atoms with Crippen molar-refractivity contribution < 1.29 is 9.53 Å². The molecule has 0 saturated heterocycles. The molecule has 1 aliphatic carbocycles. The van der Waals surface area contributed by atoms with Crippen LogP contribution in [-0.4, -0.2) is 25.7 Å². The first-order valence-corrected chi connectivity index (χ1v) is 5.75. The van der Waals surface area contributed by atoms with E-state index < -0.39 is 0 Å². The standard InChI is InChI=1S/C12H23NO2/c1-12(2,3)7-8-13-10(9-5-6-9)11(14)15-4/h9-10,13H,5-8H2,1-4H3/t10-/m0/s1. The molecule has 0 aromatic rings. The monoisotopic (exact) mass is 213 g/mol. The largest absolute Gasteiger partial charge is 0.468 e. The van der Waals surface area contributed by atoms with Gasteiger partial charge in [0.2, 0.25) is 0 Å². The van der Waals surface area contributed by atoms with E-state index >= 15 is 0 Å². The van der Waals surface area contributed by atoms with E-state index in [0.29, 0.717) is 11.3 Å². The lowest BCUT2D eigenvalue weighted by atomic mass is 9.92. The Morgan fingerprint density at radius 1 is 1.47 bits per heavy atom. The molecule has 3 nitrogen and oxygen atoms in total. The highest BCUT2D eigenvalue weighted by molar-refractivity contribution is 5.76. The molecular weight excluding hydrogens is 190 g/mol. The van der Waals surface area contributed by atoms with Crippen molar-refractivity contribution >= 4 is 5.97 Å². The van der Waals surface area contributed by atoms with Gasteiger partial charge < -0.3 is 10.1 Å². The molecule has 0 amide bonds. The fourth-order valence-electron chi connectivity index (χ4n) is 1.60. The first kappa shape index (κ1) is 12.5. The molecule has 0 aliphatic heterocycles. The normalized spacial score (nSPS) is 18.7. The lowest BCUT2D eigenvalue weighted by Gasteiger charge is -2.21. The average Bonchev–Trinajstić information content (AvgIpc) is 2.93. The van der Waals surface area contributed by atoms with Crippen molar-refractivity contribution in [2.75, 3.05) is 13.7 Å². The van der Waals surface area contributed by atoms with Gasteiger partial charge in [0.25, 0.3) is 0 Å². The number of esters is 1. The van der Waals surface area contributed by atoms with Gasteiger partial charge in [-0.05, 0) is 37.1 Å². The fraction of sp³-hybridized carbons (Fsp3) is 0.917. The van der Waals surface area contributed by atoms with E-state index in [9.17, 15) is 4.79 Å². The first-order chi connectivity index (χ1) is 6.94. The second kappa shape index (κ2) is 4.97. The number of hydrogen-bond acceptors (Lipinski definition) is 3. The molecule has 1 rings (SSSR count). The highest BCUT2D eigenvalue weighted by atomic mass is 16.5. The van der Waals surface area contributed by atoms with Crippen molar-refractivity contribution in [3.63, 3.8) is 0 Å². The fourth-order valence-corrected chi connectivity index (χ4v) is 1.60. The zero-order valence-electron chi connectivity index (χ0n) is 10.3. The zero-order valence-corrected chi connectivity index (χ0v) is 10.3. The van der Waals surface area contributed by atoms with Gasteiger partial charge in [-0.3, -0.25) is 4.79 Å². The highest BCUT2D eigenvalue weighted by Gasteiger charge is 2.36. The second-order valence-corrected chi connectivity index (χ2v) is 5.60. The molecular formula is C12H23NO2. The summed E-state index contributed by atoms with van der Waals surface area (Å²) in [5, 5.41) is 3.31. The van der Waals surface area contributed by atoms with E-state index in [1.807, 2.05) is 0 Å². The van der Waals surface area contributed by atoms with Crippen LogP contribution in [0.3, 0.4) is 0 Å². The summed E-state index contributed by atoms with van der Waals surface area (Å²) in [5.74, 6) is 0.406. The van der Waals surface area contributed by atoms with Gasteiger partial charge in [-0.2, -0.15) is 0 Å². The van der Waals surface area contributed by atoms with Crippen molar-refractivity contribution in [1.29, 1.82) is 0 Å². The number of hydrogen-bond donors (Lipinski definition) is 1. The van der Waals surface area contributed by atoms with Crippen LogP contribution in [-0.2, 0) is 9.53 Å². The van der Waals surface area contributed by atoms with Gasteiger partial charge >= 0.3 is 5.97 Å². The Bertz CT molecular complexity index is 216. The third kappa shape index (κ3) is 4.65. The predicted octanol–water partition coefficient (Wildman–Crippen LogP) is 1.96. The number of rotatable bonds is 5. The van der Waals surface area contributed by atoms with Gasteiger partial charge in [0.15, 0.2) is 0 Å². The van der Waals surface area contributed by atoms with Crippen LogP contribution in [0.2, 0.25) is 0 Å².